The van der Waals surface area contributed by atoms with Crippen LogP contribution in [0.5, 0.6) is 0 Å². The standard InChI is InChI=1S/C55H60O11/c1-57-55-53(52(63-37-45-30-18-7-19-31-45)50(61-35-43-26-14-5-15-27-43)47(65-55)39-59-33-41-22-10-3-11-23-41)66-54-48(56)51(62-36-44-28-16-6-17-29-44)49(60-34-42-24-12-4-13-25-42)46(64-54)38-58-32-40-20-8-2-9-21-40/h2-31,46-56H,32-39H2,1H3/t46-,47-,48+,49-,50-,51-,52+,53-,54+,55-/m1/s1. The second kappa shape index (κ2) is 25.1. The Morgan fingerprint density at radius 2 is 0.667 bits per heavy atom. The summed E-state index contributed by atoms with van der Waals surface area (Å²) in [5.41, 5.74) is 5.84. The molecule has 2 aliphatic heterocycles. The zero-order valence-electron chi connectivity index (χ0n) is 37.3. The van der Waals surface area contributed by atoms with Crippen molar-refractivity contribution in [1.82, 2.24) is 0 Å². The van der Waals surface area contributed by atoms with Crippen LogP contribution in [-0.2, 0) is 87.0 Å². The summed E-state index contributed by atoms with van der Waals surface area (Å²) in [4.78, 5) is 0. The van der Waals surface area contributed by atoms with E-state index < -0.39 is 61.4 Å². The predicted molar refractivity (Wildman–Crippen MR) is 247 cm³/mol. The van der Waals surface area contributed by atoms with Gasteiger partial charge in [-0.15, -0.1) is 0 Å². The Balaban J connectivity index is 1.10. The van der Waals surface area contributed by atoms with Gasteiger partial charge in [0.05, 0.1) is 52.9 Å². The highest BCUT2D eigenvalue weighted by molar-refractivity contribution is 5.18. The van der Waals surface area contributed by atoms with Crippen molar-refractivity contribution in [2.45, 2.75) is 101 Å². The van der Waals surface area contributed by atoms with Gasteiger partial charge >= 0.3 is 0 Å². The minimum absolute atomic E-state index is 0.110. The number of hydrogen-bond acceptors (Lipinski definition) is 11. The summed E-state index contributed by atoms with van der Waals surface area (Å²) in [6.07, 6.45) is -9.20. The number of aliphatic hydroxyl groups excluding tert-OH is 1. The van der Waals surface area contributed by atoms with Crippen LogP contribution in [0.2, 0.25) is 0 Å². The zero-order valence-corrected chi connectivity index (χ0v) is 37.3. The second-order valence-corrected chi connectivity index (χ2v) is 16.5. The molecule has 11 heteroatoms. The van der Waals surface area contributed by atoms with Crippen LogP contribution >= 0.6 is 0 Å². The minimum atomic E-state index is -1.34. The van der Waals surface area contributed by atoms with Gasteiger partial charge in [0.2, 0.25) is 0 Å². The predicted octanol–water partition coefficient (Wildman–Crippen LogP) is 8.60. The van der Waals surface area contributed by atoms with Crippen LogP contribution in [-0.4, -0.2) is 86.8 Å². The molecule has 0 saturated carbocycles. The van der Waals surface area contributed by atoms with Gasteiger partial charge in [-0.25, -0.2) is 0 Å². The Morgan fingerprint density at radius 1 is 0.364 bits per heavy atom. The second-order valence-electron chi connectivity index (χ2n) is 16.5. The van der Waals surface area contributed by atoms with Gasteiger partial charge in [-0.2, -0.15) is 0 Å². The highest BCUT2D eigenvalue weighted by atomic mass is 16.8. The van der Waals surface area contributed by atoms with Crippen molar-refractivity contribution in [2.75, 3.05) is 20.3 Å². The van der Waals surface area contributed by atoms with Crippen molar-refractivity contribution in [3.8, 4) is 0 Å². The first-order valence-electron chi connectivity index (χ1n) is 22.6. The zero-order chi connectivity index (χ0) is 45.2. The van der Waals surface area contributed by atoms with E-state index in [1.165, 1.54) is 0 Å². The van der Waals surface area contributed by atoms with Crippen LogP contribution in [0.25, 0.3) is 0 Å². The van der Waals surface area contributed by atoms with Crippen LogP contribution in [0.3, 0.4) is 0 Å². The average Bonchev–Trinajstić information content (AvgIpc) is 3.37. The number of rotatable bonds is 23. The van der Waals surface area contributed by atoms with Gasteiger partial charge < -0.3 is 52.5 Å². The van der Waals surface area contributed by atoms with Crippen LogP contribution in [0.4, 0.5) is 0 Å². The smallest absolute Gasteiger partial charge is 0.187 e. The van der Waals surface area contributed by atoms with Gasteiger partial charge in [-0.05, 0) is 33.4 Å². The highest BCUT2D eigenvalue weighted by Gasteiger charge is 2.54. The summed E-state index contributed by atoms with van der Waals surface area (Å²) in [6.45, 7) is 1.93. The van der Waals surface area contributed by atoms with Gasteiger partial charge in [0.15, 0.2) is 12.6 Å². The van der Waals surface area contributed by atoms with Crippen molar-refractivity contribution in [2.24, 2.45) is 0 Å². The van der Waals surface area contributed by atoms with Crippen LogP contribution in [0.15, 0.2) is 182 Å². The topological polar surface area (TPSA) is 113 Å². The highest BCUT2D eigenvalue weighted by Crippen LogP contribution is 2.35. The Kier molecular flexibility index (Phi) is 18.0. The lowest BCUT2D eigenvalue weighted by Crippen LogP contribution is -2.66. The van der Waals surface area contributed by atoms with Crippen molar-refractivity contribution < 1.29 is 52.5 Å². The van der Waals surface area contributed by atoms with E-state index >= 15 is 0 Å². The molecule has 0 unspecified atom stereocenters. The van der Waals surface area contributed by atoms with E-state index in [9.17, 15) is 5.11 Å². The molecule has 0 bridgehead atoms. The monoisotopic (exact) mass is 896 g/mol. The van der Waals surface area contributed by atoms with Crippen LogP contribution in [0, 0.1) is 0 Å². The molecule has 0 aliphatic carbocycles. The normalized spacial score (nSPS) is 25.4. The molecule has 2 saturated heterocycles. The molecular weight excluding hydrogens is 837 g/mol. The number of ether oxygens (including phenoxy) is 10. The molecule has 6 aromatic rings. The van der Waals surface area contributed by atoms with E-state index in [0.717, 1.165) is 33.4 Å². The molecule has 10 atom stereocenters. The van der Waals surface area contributed by atoms with Crippen LogP contribution < -0.4 is 0 Å². The van der Waals surface area contributed by atoms with E-state index in [4.69, 9.17) is 47.4 Å². The Labute approximate surface area is 388 Å². The molecule has 0 radical (unpaired) electrons. The molecule has 11 nitrogen and oxygen atoms in total. The Bertz CT molecular complexity index is 2220. The fourth-order valence-corrected chi connectivity index (χ4v) is 8.23. The SMILES string of the molecule is CO[C@@H]1O[C@H](COCc2ccccc2)[C@@H](OCc2ccccc2)[C@H](OCc2ccccc2)[C@H]1O[C@@H]1O[C@H](COCc2ccccc2)[C@@H](OCc2ccccc2)[C@H](OCc2ccccc2)[C@@H]1O. The largest absolute Gasteiger partial charge is 0.385 e. The minimum Gasteiger partial charge on any atom is -0.385 e. The molecule has 2 heterocycles. The third-order valence-corrected chi connectivity index (χ3v) is 11.7. The summed E-state index contributed by atoms with van der Waals surface area (Å²) in [6, 6.07) is 59.4. The number of hydrogen-bond donors (Lipinski definition) is 1. The molecule has 0 aromatic heterocycles. The lowest BCUT2D eigenvalue weighted by atomic mass is 9.96. The average molecular weight is 897 g/mol. The number of benzene rings is 6. The lowest BCUT2D eigenvalue weighted by Gasteiger charge is -2.49. The third kappa shape index (κ3) is 13.5. The summed E-state index contributed by atoms with van der Waals surface area (Å²) in [5.74, 6) is 0. The maximum absolute atomic E-state index is 12.5. The van der Waals surface area contributed by atoms with E-state index in [1.807, 2.05) is 182 Å². The molecule has 0 amide bonds. The fourth-order valence-electron chi connectivity index (χ4n) is 8.23. The molecular formula is C55H60O11. The van der Waals surface area contributed by atoms with E-state index in [2.05, 4.69) is 0 Å². The summed E-state index contributed by atoms with van der Waals surface area (Å²) >= 11 is 0. The first kappa shape index (κ1) is 47.4. The molecule has 66 heavy (non-hydrogen) atoms. The van der Waals surface area contributed by atoms with Gasteiger partial charge in [-0.1, -0.05) is 182 Å². The van der Waals surface area contributed by atoms with Crippen molar-refractivity contribution in [3.63, 3.8) is 0 Å². The summed E-state index contributed by atoms with van der Waals surface area (Å²) in [7, 11) is 1.56. The first-order valence-corrected chi connectivity index (χ1v) is 22.6. The van der Waals surface area contributed by atoms with Crippen LogP contribution in [0.1, 0.15) is 33.4 Å². The molecule has 6 aromatic carbocycles. The van der Waals surface area contributed by atoms with Gasteiger partial charge in [0.25, 0.3) is 0 Å². The van der Waals surface area contributed by atoms with Crippen molar-refractivity contribution in [1.29, 1.82) is 0 Å². The fraction of sp³-hybridized carbons (Fsp3) is 0.345. The molecule has 0 spiro atoms. The maximum atomic E-state index is 12.5. The van der Waals surface area contributed by atoms with Gasteiger partial charge in [-0.3, -0.25) is 0 Å². The molecule has 346 valence electrons. The van der Waals surface area contributed by atoms with Gasteiger partial charge in [0.1, 0.15) is 48.8 Å². The van der Waals surface area contributed by atoms with E-state index in [1.54, 1.807) is 7.11 Å². The maximum Gasteiger partial charge on any atom is 0.187 e. The van der Waals surface area contributed by atoms with E-state index in [-0.39, 0.29) is 39.6 Å². The van der Waals surface area contributed by atoms with Crippen molar-refractivity contribution in [3.05, 3.63) is 215 Å². The molecule has 1 N–H and O–H groups in total. The van der Waals surface area contributed by atoms with Gasteiger partial charge in [0, 0.05) is 7.11 Å². The van der Waals surface area contributed by atoms with Crippen molar-refractivity contribution >= 4 is 0 Å². The molecule has 2 aliphatic rings. The third-order valence-electron chi connectivity index (χ3n) is 11.7. The Morgan fingerprint density at radius 3 is 1.03 bits per heavy atom. The molecule has 8 rings (SSSR count). The number of methoxy groups -OCH3 is 1. The summed E-state index contributed by atoms with van der Waals surface area (Å²) in [5, 5.41) is 12.5. The quantitative estimate of drug-likeness (QED) is 0.0668. The molecule has 2 fully saturated rings. The lowest BCUT2D eigenvalue weighted by molar-refractivity contribution is -0.377. The number of aliphatic hydroxyl groups is 1. The van der Waals surface area contributed by atoms with E-state index in [0.29, 0.717) is 13.2 Å². The summed E-state index contributed by atoms with van der Waals surface area (Å²) < 4.78 is 66.3. The first-order chi connectivity index (χ1) is 32.6. The Hall–Kier alpha value is -5.12.